The molecule has 104 valence electrons. The summed E-state index contributed by atoms with van der Waals surface area (Å²) in [4.78, 5) is 8.07. The van der Waals surface area contributed by atoms with Gasteiger partial charge in [-0.15, -0.1) is 0 Å². The fourth-order valence-corrected chi connectivity index (χ4v) is 2.29. The van der Waals surface area contributed by atoms with Crippen LogP contribution in [0.1, 0.15) is 18.1 Å². The highest BCUT2D eigenvalue weighted by molar-refractivity contribution is 5.77. The van der Waals surface area contributed by atoms with Crippen LogP contribution in [-0.2, 0) is 4.74 Å². The average Bonchev–Trinajstić information content (AvgIpc) is 2.94. The number of imidazole rings is 1. The normalized spacial score (nSPS) is 37.2. The van der Waals surface area contributed by atoms with Gasteiger partial charge in [0, 0.05) is 0 Å². The Balaban J connectivity index is 1.92. The molecule has 1 fully saturated rings. The zero-order chi connectivity index (χ0) is 13.6. The number of aliphatic hydroxyl groups excluding tert-OH is 3. The number of nitrogens with two attached hydrogens (primary N) is 1. The summed E-state index contributed by atoms with van der Waals surface area (Å²) in [6.45, 7) is -0.375. The molecule has 9 heteroatoms. The second kappa shape index (κ2) is 4.54. The number of nitrogens with zero attached hydrogens (tertiary/aromatic N) is 3. The third-order valence-electron chi connectivity index (χ3n) is 3.33. The lowest BCUT2D eigenvalue weighted by Gasteiger charge is -2.21. The minimum absolute atomic E-state index is 0.375. The van der Waals surface area contributed by atoms with Crippen LogP contribution in [0.3, 0.4) is 0 Å². The van der Waals surface area contributed by atoms with Crippen LogP contribution in [0.5, 0.6) is 0 Å². The number of aromatic nitrogens is 2. The molecule has 1 aromatic heterocycles. The van der Waals surface area contributed by atoms with Crippen molar-refractivity contribution in [3.05, 3.63) is 12.0 Å². The largest absolute Gasteiger partial charge is 0.394 e. The third kappa shape index (κ3) is 1.83. The molecule has 6 N–H and O–H groups in total. The Kier molecular flexibility index (Phi) is 2.99. The maximum Gasteiger partial charge on any atom is 0.165 e. The van der Waals surface area contributed by atoms with Crippen LogP contribution < -0.4 is 11.1 Å². The lowest BCUT2D eigenvalue weighted by atomic mass is 10.1. The van der Waals surface area contributed by atoms with Crippen LogP contribution in [-0.4, -0.2) is 56.1 Å². The number of hydrogen-bond donors (Lipinski definition) is 5. The highest BCUT2D eigenvalue weighted by Crippen LogP contribution is 2.34. The van der Waals surface area contributed by atoms with E-state index in [4.69, 9.17) is 15.6 Å². The SMILES string of the molecule is NC1N=CNc2c1ncn2[C@@H]1O[C@H](CO)[C@@H](O)[C@H]1O. The monoisotopic (exact) mass is 269 g/mol. The summed E-state index contributed by atoms with van der Waals surface area (Å²) in [5.41, 5.74) is 6.30. The second-order valence-electron chi connectivity index (χ2n) is 4.48. The van der Waals surface area contributed by atoms with Gasteiger partial charge in [0.1, 0.15) is 36.0 Å². The van der Waals surface area contributed by atoms with E-state index in [2.05, 4.69) is 15.3 Å². The molecular weight excluding hydrogens is 254 g/mol. The summed E-state index contributed by atoms with van der Waals surface area (Å²) in [6.07, 6.45) is -1.67. The van der Waals surface area contributed by atoms with Gasteiger partial charge in [-0.1, -0.05) is 0 Å². The molecule has 1 saturated heterocycles. The Morgan fingerprint density at radius 1 is 1.42 bits per heavy atom. The molecule has 0 aromatic carbocycles. The van der Waals surface area contributed by atoms with Crippen LogP contribution in [0, 0.1) is 0 Å². The maximum absolute atomic E-state index is 9.97. The number of anilines is 1. The predicted molar refractivity (Wildman–Crippen MR) is 64.3 cm³/mol. The van der Waals surface area contributed by atoms with E-state index in [-0.39, 0.29) is 6.61 Å². The topological polar surface area (TPSA) is 138 Å². The molecule has 2 aliphatic heterocycles. The van der Waals surface area contributed by atoms with Crippen molar-refractivity contribution in [1.82, 2.24) is 9.55 Å². The first-order chi connectivity index (χ1) is 9.13. The van der Waals surface area contributed by atoms with E-state index >= 15 is 0 Å². The number of ether oxygens (including phenoxy) is 1. The summed E-state index contributed by atoms with van der Waals surface area (Å²) >= 11 is 0. The van der Waals surface area contributed by atoms with Gasteiger partial charge in [-0.2, -0.15) is 0 Å². The van der Waals surface area contributed by atoms with Crippen molar-refractivity contribution in [3.8, 4) is 0 Å². The number of nitrogens with one attached hydrogen (secondary N) is 1. The van der Waals surface area contributed by atoms with Crippen molar-refractivity contribution in [2.75, 3.05) is 11.9 Å². The first-order valence-corrected chi connectivity index (χ1v) is 5.86. The Morgan fingerprint density at radius 2 is 2.21 bits per heavy atom. The zero-order valence-corrected chi connectivity index (χ0v) is 9.92. The Hall–Kier alpha value is -1.52. The van der Waals surface area contributed by atoms with Crippen LogP contribution >= 0.6 is 0 Å². The van der Waals surface area contributed by atoms with Gasteiger partial charge in [0.2, 0.25) is 0 Å². The van der Waals surface area contributed by atoms with Gasteiger partial charge in [0.25, 0.3) is 0 Å². The highest BCUT2D eigenvalue weighted by atomic mass is 16.6. The van der Waals surface area contributed by atoms with Crippen molar-refractivity contribution in [2.24, 2.45) is 10.7 Å². The van der Waals surface area contributed by atoms with Gasteiger partial charge in [0.15, 0.2) is 6.23 Å². The molecule has 0 amide bonds. The number of fused-ring (bicyclic) bond motifs is 1. The number of aliphatic hydroxyl groups is 3. The van der Waals surface area contributed by atoms with Crippen molar-refractivity contribution in [3.63, 3.8) is 0 Å². The molecule has 0 aliphatic carbocycles. The van der Waals surface area contributed by atoms with Gasteiger partial charge in [-0.3, -0.25) is 9.56 Å². The van der Waals surface area contributed by atoms with Crippen LogP contribution in [0.2, 0.25) is 0 Å². The smallest absolute Gasteiger partial charge is 0.165 e. The molecule has 2 aliphatic rings. The van der Waals surface area contributed by atoms with Gasteiger partial charge in [-0.25, -0.2) is 4.98 Å². The highest BCUT2D eigenvalue weighted by Gasteiger charge is 2.44. The summed E-state index contributed by atoms with van der Waals surface area (Å²) in [5, 5.41) is 31.7. The molecule has 1 unspecified atom stereocenters. The van der Waals surface area contributed by atoms with Gasteiger partial charge < -0.3 is 31.1 Å². The van der Waals surface area contributed by atoms with Crippen molar-refractivity contribution in [2.45, 2.75) is 30.7 Å². The molecule has 0 spiro atoms. The lowest BCUT2D eigenvalue weighted by Crippen LogP contribution is -2.33. The molecule has 5 atom stereocenters. The molecule has 0 bridgehead atoms. The molecule has 0 radical (unpaired) electrons. The Labute approximate surface area is 108 Å². The molecular formula is C10H15N5O4. The second-order valence-corrected chi connectivity index (χ2v) is 4.48. The van der Waals surface area contributed by atoms with Gasteiger partial charge in [-0.05, 0) is 0 Å². The number of rotatable bonds is 2. The van der Waals surface area contributed by atoms with E-state index in [9.17, 15) is 10.2 Å². The van der Waals surface area contributed by atoms with Crippen LogP contribution in [0.25, 0.3) is 0 Å². The fourth-order valence-electron chi connectivity index (χ4n) is 2.29. The molecule has 3 rings (SSSR count). The average molecular weight is 269 g/mol. The summed E-state index contributed by atoms with van der Waals surface area (Å²) < 4.78 is 6.96. The first kappa shape index (κ1) is 12.5. The fraction of sp³-hybridized carbons (Fsp3) is 0.600. The lowest BCUT2D eigenvalue weighted by molar-refractivity contribution is -0.0518. The molecule has 1 aromatic rings. The van der Waals surface area contributed by atoms with E-state index in [1.54, 1.807) is 0 Å². The molecule has 9 nitrogen and oxygen atoms in total. The Morgan fingerprint density at radius 3 is 2.89 bits per heavy atom. The molecule has 3 heterocycles. The van der Waals surface area contributed by atoms with Crippen molar-refractivity contribution >= 4 is 12.2 Å². The number of aliphatic imine (C=N–C) groups is 1. The van der Waals surface area contributed by atoms with E-state index in [1.807, 2.05) is 0 Å². The maximum atomic E-state index is 9.97. The van der Waals surface area contributed by atoms with E-state index in [0.29, 0.717) is 11.5 Å². The van der Waals surface area contributed by atoms with E-state index in [0.717, 1.165) is 0 Å². The van der Waals surface area contributed by atoms with E-state index < -0.39 is 30.7 Å². The standard InChI is InChI=1S/C10H15N5O4/c11-8-5-9(13-2-12-8)15(3-14-5)10-7(18)6(17)4(1-16)19-10/h2-4,6-8,10,16-18H,1,11H2,(H,12,13)/t4-,6-,7-,8?,10-/m1/s1. The minimum Gasteiger partial charge on any atom is -0.394 e. The summed E-state index contributed by atoms with van der Waals surface area (Å²) in [6, 6.07) is 0. The number of hydrogen-bond acceptors (Lipinski definition) is 8. The van der Waals surface area contributed by atoms with E-state index in [1.165, 1.54) is 17.2 Å². The Bertz CT molecular complexity index is 504. The minimum atomic E-state index is -1.16. The summed E-state index contributed by atoms with van der Waals surface area (Å²) in [7, 11) is 0. The summed E-state index contributed by atoms with van der Waals surface area (Å²) in [5.74, 6) is 0.553. The third-order valence-corrected chi connectivity index (χ3v) is 3.33. The quantitative estimate of drug-likeness (QED) is 0.415. The predicted octanol–water partition coefficient (Wildman–Crippen LogP) is -2.09. The molecule has 0 saturated carbocycles. The zero-order valence-electron chi connectivity index (χ0n) is 9.92. The van der Waals surface area contributed by atoms with Crippen LogP contribution in [0.15, 0.2) is 11.3 Å². The first-order valence-electron chi connectivity index (χ1n) is 5.86. The van der Waals surface area contributed by atoms with Crippen molar-refractivity contribution in [1.29, 1.82) is 0 Å². The van der Waals surface area contributed by atoms with Gasteiger partial charge >= 0.3 is 0 Å². The molecule has 19 heavy (non-hydrogen) atoms. The van der Waals surface area contributed by atoms with Gasteiger partial charge in [0.05, 0.1) is 19.3 Å². The van der Waals surface area contributed by atoms with Crippen molar-refractivity contribution < 1.29 is 20.1 Å². The van der Waals surface area contributed by atoms with Crippen LogP contribution in [0.4, 0.5) is 5.82 Å².